The highest BCUT2D eigenvalue weighted by atomic mass is 32.2. The van der Waals surface area contributed by atoms with Gasteiger partial charge in [0.25, 0.3) is 0 Å². The molecule has 0 amide bonds. The molecule has 8 heavy (non-hydrogen) atoms. The smallest absolute Gasteiger partial charge is 0.218 e. The molecule has 1 aromatic rings. The molecule has 0 aliphatic rings. The van der Waals surface area contributed by atoms with Gasteiger partial charge in [0.2, 0.25) is 16.1 Å². The molecule has 0 saturated heterocycles. The zero-order valence-corrected chi connectivity index (χ0v) is 4.46. The topological polar surface area (TPSA) is 76.2 Å². The van der Waals surface area contributed by atoms with Crippen molar-refractivity contribution in [3.8, 4) is 0 Å². The zero-order chi connectivity index (χ0) is 5.98. The summed E-state index contributed by atoms with van der Waals surface area (Å²) in [5, 5.41) is 6.05. The van der Waals surface area contributed by atoms with Gasteiger partial charge in [0.1, 0.15) is 0 Å². The van der Waals surface area contributed by atoms with Gasteiger partial charge in [0, 0.05) is 5.27 Å². The Balaban J connectivity index is 2.93. The summed E-state index contributed by atoms with van der Waals surface area (Å²) in [6.45, 7) is 0. The third-order valence-corrected chi connectivity index (χ3v) is 1.05. The molecule has 1 atom stereocenters. The third-order valence-electron chi connectivity index (χ3n) is 0.519. The van der Waals surface area contributed by atoms with Crippen LogP contribution in [0.2, 0.25) is 0 Å². The number of rotatable bonds is 1. The largest absolute Gasteiger partial charge is 0.344 e. The number of nitrogens with zero attached hydrogens (tertiary/aromatic N) is 2. The van der Waals surface area contributed by atoms with Crippen molar-refractivity contribution in [1.29, 1.82) is 0 Å². The van der Waals surface area contributed by atoms with E-state index in [1.165, 1.54) is 0 Å². The lowest BCUT2D eigenvalue weighted by Gasteiger charge is -1.74. The number of aromatic nitrogens is 2. The van der Waals surface area contributed by atoms with Crippen molar-refractivity contribution in [1.82, 2.24) is 10.4 Å². The second kappa shape index (κ2) is 2.01. The molecule has 0 radical (unpaired) electrons. The summed E-state index contributed by atoms with van der Waals surface area (Å²) in [6.07, 6.45) is 1.01. The third kappa shape index (κ3) is 0.903. The van der Waals surface area contributed by atoms with Gasteiger partial charge in [-0.15, -0.1) is 0 Å². The molecule has 0 bridgehead atoms. The highest BCUT2D eigenvalue weighted by Gasteiger charge is 2.01. The molecule has 0 spiro atoms. The van der Waals surface area contributed by atoms with E-state index < -0.39 is 11.1 Å². The van der Waals surface area contributed by atoms with E-state index in [2.05, 4.69) is 14.9 Å². The Hall–Kier alpha value is -0.750. The van der Waals surface area contributed by atoms with E-state index in [0.29, 0.717) is 0 Å². The van der Waals surface area contributed by atoms with Crippen LogP contribution >= 0.6 is 0 Å². The van der Waals surface area contributed by atoms with Crippen LogP contribution < -0.4 is 0 Å². The average Bonchev–Trinajstić information content (AvgIpc) is 2.12. The standard InChI is InChI=1S/C2H2N2O3S/c5-8(6)2-1-7-4-3-2/h1H,(H,5,6). The Bertz CT molecular complexity index is 183. The summed E-state index contributed by atoms with van der Waals surface area (Å²) < 4.78 is 22.4. The van der Waals surface area contributed by atoms with Crippen LogP contribution in [0.4, 0.5) is 0 Å². The molecule has 0 aromatic carbocycles. The van der Waals surface area contributed by atoms with E-state index in [1.54, 1.807) is 0 Å². The van der Waals surface area contributed by atoms with Crippen molar-refractivity contribution in [3.05, 3.63) is 6.26 Å². The summed E-state index contributed by atoms with van der Waals surface area (Å²) >= 11 is -2.07. The minimum absolute atomic E-state index is 0.0648. The van der Waals surface area contributed by atoms with Gasteiger partial charge in [-0.1, -0.05) is 5.10 Å². The normalized spacial score (nSPS) is 13.6. The number of hydrogen-bond acceptors (Lipinski definition) is 4. The fourth-order valence-electron chi connectivity index (χ4n) is 0.232. The van der Waals surface area contributed by atoms with E-state index in [9.17, 15) is 4.21 Å². The van der Waals surface area contributed by atoms with E-state index in [4.69, 9.17) is 4.55 Å². The van der Waals surface area contributed by atoms with E-state index in [0.717, 1.165) is 6.26 Å². The highest BCUT2D eigenvalue weighted by molar-refractivity contribution is 7.79. The Morgan fingerprint density at radius 3 is 2.88 bits per heavy atom. The van der Waals surface area contributed by atoms with Crippen molar-refractivity contribution in [2.75, 3.05) is 0 Å². The molecule has 0 fully saturated rings. The van der Waals surface area contributed by atoms with Crippen molar-refractivity contribution >= 4 is 11.1 Å². The molecule has 44 valence electrons. The van der Waals surface area contributed by atoms with E-state index in [-0.39, 0.29) is 5.03 Å². The summed E-state index contributed by atoms with van der Waals surface area (Å²) in [4.78, 5) is 0. The Labute approximate surface area is 47.0 Å². The van der Waals surface area contributed by atoms with Crippen LogP contribution in [0.15, 0.2) is 15.8 Å². The summed E-state index contributed by atoms with van der Waals surface area (Å²) in [5.74, 6) is 0. The maximum atomic E-state index is 10.0. The van der Waals surface area contributed by atoms with Gasteiger partial charge in [0.05, 0.1) is 0 Å². The van der Waals surface area contributed by atoms with Gasteiger partial charge in [-0.05, 0) is 0 Å². The Morgan fingerprint density at radius 1 is 1.88 bits per heavy atom. The van der Waals surface area contributed by atoms with Gasteiger partial charge >= 0.3 is 0 Å². The first-order chi connectivity index (χ1) is 3.80. The summed E-state index contributed by atoms with van der Waals surface area (Å²) in [7, 11) is 0. The fourth-order valence-corrected chi connectivity index (χ4v) is 0.461. The van der Waals surface area contributed by atoms with Crippen LogP contribution in [-0.2, 0) is 11.1 Å². The van der Waals surface area contributed by atoms with E-state index in [1.807, 2.05) is 0 Å². The molecular weight excluding hydrogens is 132 g/mol. The Kier molecular flexibility index (Phi) is 1.36. The van der Waals surface area contributed by atoms with Crippen LogP contribution in [0.5, 0.6) is 0 Å². The molecule has 0 saturated carbocycles. The number of hydrogen-bond donors (Lipinski definition) is 1. The average molecular weight is 134 g/mol. The van der Waals surface area contributed by atoms with Crippen LogP contribution in [0.25, 0.3) is 0 Å². The van der Waals surface area contributed by atoms with Gasteiger partial charge in [-0.2, -0.15) is 0 Å². The molecule has 5 nitrogen and oxygen atoms in total. The maximum absolute atomic E-state index is 10.0. The van der Waals surface area contributed by atoms with Crippen molar-refractivity contribution in [2.24, 2.45) is 0 Å². The second-order valence-electron chi connectivity index (χ2n) is 0.992. The van der Waals surface area contributed by atoms with Crippen molar-refractivity contribution < 1.29 is 13.3 Å². The fraction of sp³-hybridized carbons (Fsp3) is 0. The van der Waals surface area contributed by atoms with Crippen LogP contribution in [0.3, 0.4) is 0 Å². The summed E-state index contributed by atoms with van der Waals surface area (Å²) in [5.41, 5.74) is 0. The molecule has 1 N–H and O–H groups in total. The predicted octanol–water partition coefficient (Wildman–Crippen LogP) is -0.350. The molecule has 1 aromatic heterocycles. The SMILES string of the molecule is O=S(O)c1conn1. The predicted molar refractivity (Wildman–Crippen MR) is 23.3 cm³/mol. The lowest BCUT2D eigenvalue weighted by atomic mass is 11.0. The molecule has 1 unspecified atom stereocenters. The molecule has 1 rings (SSSR count). The van der Waals surface area contributed by atoms with Gasteiger partial charge in [0.15, 0.2) is 6.26 Å². The highest BCUT2D eigenvalue weighted by Crippen LogP contribution is 1.94. The van der Waals surface area contributed by atoms with Crippen LogP contribution in [0, 0.1) is 0 Å². The minimum atomic E-state index is -2.07. The molecule has 0 aliphatic carbocycles. The van der Waals surface area contributed by atoms with Crippen molar-refractivity contribution in [2.45, 2.75) is 5.03 Å². The minimum Gasteiger partial charge on any atom is -0.344 e. The Morgan fingerprint density at radius 2 is 2.62 bits per heavy atom. The molecular formula is C2H2N2O3S. The lowest BCUT2D eigenvalue weighted by molar-refractivity contribution is 0.392. The van der Waals surface area contributed by atoms with Gasteiger partial charge in [-0.25, -0.2) is 4.21 Å². The first-order valence-electron chi connectivity index (χ1n) is 1.68. The molecule has 1 heterocycles. The second-order valence-corrected chi connectivity index (χ2v) is 1.91. The summed E-state index contributed by atoms with van der Waals surface area (Å²) in [6, 6.07) is 0. The monoisotopic (exact) mass is 134 g/mol. The van der Waals surface area contributed by atoms with Gasteiger partial charge in [-0.3, -0.25) is 0 Å². The maximum Gasteiger partial charge on any atom is 0.218 e. The molecule has 0 aliphatic heterocycles. The first-order valence-corrected chi connectivity index (χ1v) is 2.79. The zero-order valence-electron chi connectivity index (χ0n) is 3.64. The quantitative estimate of drug-likeness (QED) is 0.531. The van der Waals surface area contributed by atoms with Gasteiger partial charge < -0.3 is 9.08 Å². The van der Waals surface area contributed by atoms with E-state index >= 15 is 0 Å². The lowest BCUT2D eigenvalue weighted by Crippen LogP contribution is -1.86. The molecule has 6 heteroatoms. The first kappa shape index (κ1) is 5.39. The van der Waals surface area contributed by atoms with Crippen molar-refractivity contribution in [3.63, 3.8) is 0 Å². The van der Waals surface area contributed by atoms with Crippen LogP contribution in [-0.4, -0.2) is 19.1 Å². The van der Waals surface area contributed by atoms with Crippen LogP contribution in [0.1, 0.15) is 0 Å².